The van der Waals surface area contributed by atoms with Crippen LogP contribution in [0.5, 0.6) is 5.75 Å². The van der Waals surface area contributed by atoms with Crippen LogP contribution in [0.25, 0.3) is 11.1 Å². The lowest BCUT2D eigenvalue weighted by Gasteiger charge is -2.12. The molecule has 0 radical (unpaired) electrons. The number of nitrogens with one attached hydrogen (secondary N) is 1. The molecule has 0 aromatic heterocycles. The van der Waals surface area contributed by atoms with Crippen LogP contribution < -0.4 is 5.32 Å². The Morgan fingerprint density at radius 1 is 1.00 bits per heavy atom. The van der Waals surface area contributed by atoms with E-state index in [0.29, 0.717) is 18.2 Å². The molecule has 31 heavy (non-hydrogen) atoms. The number of phenolic OH excluding ortho intramolecular Hbond substituents is 1. The summed E-state index contributed by atoms with van der Waals surface area (Å²) < 4.78 is 66.4. The van der Waals surface area contributed by atoms with E-state index in [-0.39, 0.29) is 11.1 Å². The van der Waals surface area contributed by atoms with Gasteiger partial charge in [0.15, 0.2) is 0 Å². The van der Waals surface area contributed by atoms with E-state index in [4.69, 9.17) is 0 Å². The molecule has 0 unspecified atom stereocenters. The van der Waals surface area contributed by atoms with Gasteiger partial charge >= 0.3 is 6.18 Å². The third-order valence-electron chi connectivity index (χ3n) is 4.24. The van der Waals surface area contributed by atoms with E-state index in [1.165, 1.54) is 6.07 Å². The molecule has 0 bridgehead atoms. The van der Waals surface area contributed by atoms with Gasteiger partial charge in [0.25, 0.3) is 11.6 Å². The topological polar surface area (TPSA) is 92.5 Å². The summed E-state index contributed by atoms with van der Waals surface area (Å²) in [5.74, 6) is -3.36. The number of hydrogen-bond acceptors (Lipinski definition) is 4. The summed E-state index contributed by atoms with van der Waals surface area (Å²) in [6, 6.07) is 7.98. The average Bonchev–Trinajstić information content (AvgIpc) is 2.67. The van der Waals surface area contributed by atoms with Crippen molar-refractivity contribution in [2.75, 3.05) is 5.32 Å². The van der Waals surface area contributed by atoms with Crippen molar-refractivity contribution >= 4 is 17.3 Å². The van der Waals surface area contributed by atoms with Gasteiger partial charge in [0, 0.05) is 23.4 Å². The Balaban J connectivity index is 1.96. The Bertz CT molecular complexity index is 1190. The number of rotatable bonds is 4. The second kappa shape index (κ2) is 8.01. The molecule has 11 heteroatoms. The summed E-state index contributed by atoms with van der Waals surface area (Å²) >= 11 is 0. The van der Waals surface area contributed by atoms with E-state index in [2.05, 4.69) is 5.32 Å². The Kier molecular flexibility index (Phi) is 5.60. The highest BCUT2D eigenvalue weighted by atomic mass is 19.4. The SMILES string of the molecule is O=C(Nc1ccc([N+](=O)[O-])c(C(F)(F)F)c1)c1cc(-c2ccc(F)cc2F)ccc1O. The fourth-order valence-corrected chi connectivity index (χ4v) is 2.81. The smallest absolute Gasteiger partial charge is 0.423 e. The van der Waals surface area contributed by atoms with Gasteiger partial charge < -0.3 is 10.4 Å². The van der Waals surface area contributed by atoms with Gasteiger partial charge in [0.05, 0.1) is 10.5 Å². The molecule has 1 amide bonds. The number of aromatic hydroxyl groups is 1. The van der Waals surface area contributed by atoms with E-state index in [1.54, 1.807) is 0 Å². The highest BCUT2D eigenvalue weighted by Crippen LogP contribution is 2.38. The van der Waals surface area contributed by atoms with Crippen molar-refractivity contribution < 1.29 is 36.8 Å². The number of hydrogen-bond donors (Lipinski definition) is 2. The monoisotopic (exact) mass is 438 g/mol. The van der Waals surface area contributed by atoms with Crippen molar-refractivity contribution in [3.63, 3.8) is 0 Å². The number of phenols is 1. The van der Waals surface area contributed by atoms with Crippen molar-refractivity contribution in [2.24, 2.45) is 0 Å². The summed E-state index contributed by atoms with van der Waals surface area (Å²) in [5.41, 5.74) is -3.57. The van der Waals surface area contributed by atoms with E-state index >= 15 is 0 Å². The summed E-state index contributed by atoms with van der Waals surface area (Å²) in [7, 11) is 0. The predicted molar refractivity (Wildman–Crippen MR) is 99.5 cm³/mol. The molecular formula is C20H11F5N2O4. The maximum absolute atomic E-state index is 14.0. The molecule has 2 N–H and O–H groups in total. The Hall–Kier alpha value is -4.02. The normalized spacial score (nSPS) is 11.3. The summed E-state index contributed by atoms with van der Waals surface area (Å²) in [4.78, 5) is 22.1. The van der Waals surface area contributed by atoms with Gasteiger partial charge in [0.1, 0.15) is 22.9 Å². The standard InChI is InChI=1S/C20H11F5N2O4/c21-11-2-4-13(16(22)8-11)10-1-6-18(28)14(7-10)19(29)26-12-3-5-17(27(30)31)15(9-12)20(23,24)25/h1-9,28H,(H,26,29). The summed E-state index contributed by atoms with van der Waals surface area (Å²) in [6.45, 7) is 0. The van der Waals surface area contributed by atoms with Crippen LogP contribution in [0.4, 0.5) is 33.3 Å². The first kappa shape index (κ1) is 21.7. The average molecular weight is 438 g/mol. The van der Waals surface area contributed by atoms with Crippen LogP contribution in [-0.2, 0) is 6.18 Å². The molecule has 160 valence electrons. The first-order chi connectivity index (χ1) is 14.5. The lowest BCUT2D eigenvalue weighted by atomic mass is 10.0. The van der Waals surface area contributed by atoms with Gasteiger partial charge in [0.2, 0.25) is 0 Å². The molecule has 0 aliphatic rings. The second-order valence-corrected chi connectivity index (χ2v) is 6.30. The van der Waals surface area contributed by atoms with Gasteiger partial charge in [-0.15, -0.1) is 0 Å². The van der Waals surface area contributed by atoms with Crippen molar-refractivity contribution in [3.05, 3.63) is 87.5 Å². The second-order valence-electron chi connectivity index (χ2n) is 6.30. The quantitative estimate of drug-likeness (QED) is 0.319. The number of amides is 1. The molecule has 0 aliphatic carbocycles. The highest BCUT2D eigenvalue weighted by molar-refractivity contribution is 6.07. The van der Waals surface area contributed by atoms with E-state index in [1.807, 2.05) is 0 Å². The first-order valence-electron chi connectivity index (χ1n) is 8.43. The van der Waals surface area contributed by atoms with Crippen molar-refractivity contribution in [1.29, 1.82) is 0 Å². The van der Waals surface area contributed by atoms with Gasteiger partial charge in [-0.3, -0.25) is 14.9 Å². The number of alkyl halides is 3. The fraction of sp³-hybridized carbons (Fsp3) is 0.0500. The van der Waals surface area contributed by atoms with Crippen LogP contribution in [0.2, 0.25) is 0 Å². The number of nitro benzene ring substituents is 1. The van der Waals surface area contributed by atoms with Crippen molar-refractivity contribution in [2.45, 2.75) is 6.18 Å². The summed E-state index contributed by atoms with van der Waals surface area (Å²) in [6.07, 6.45) is -5.05. The number of halogens is 5. The van der Waals surface area contributed by atoms with Gasteiger partial charge in [-0.2, -0.15) is 13.2 Å². The van der Waals surface area contributed by atoms with Gasteiger partial charge in [-0.05, 0) is 42.0 Å². The molecule has 0 spiro atoms. The van der Waals surface area contributed by atoms with E-state index < -0.39 is 56.9 Å². The molecule has 0 saturated carbocycles. The number of benzene rings is 3. The van der Waals surface area contributed by atoms with Crippen molar-refractivity contribution in [3.8, 4) is 16.9 Å². The largest absolute Gasteiger partial charge is 0.507 e. The highest BCUT2D eigenvalue weighted by Gasteiger charge is 2.38. The minimum Gasteiger partial charge on any atom is -0.507 e. The molecule has 3 aromatic rings. The maximum atomic E-state index is 14.0. The molecule has 3 aromatic carbocycles. The van der Waals surface area contributed by atoms with E-state index in [9.17, 15) is 42.0 Å². The molecule has 0 aliphatic heterocycles. The zero-order valence-corrected chi connectivity index (χ0v) is 15.2. The molecule has 0 heterocycles. The summed E-state index contributed by atoms with van der Waals surface area (Å²) in [5, 5.41) is 22.9. The molecule has 0 atom stereocenters. The Morgan fingerprint density at radius 2 is 1.71 bits per heavy atom. The van der Waals surface area contributed by atoms with Crippen LogP contribution >= 0.6 is 0 Å². The third-order valence-corrected chi connectivity index (χ3v) is 4.24. The lowest BCUT2D eigenvalue weighted by molar-refractivity contribution is -0.388. The predicted octanol–water partition coefficient (Wildman–Crippen LogP) is 5.52. The minimum absolute atomic E-state index is 0.0786. The molecular weight excluding hydrogens is 427 g/mol. The molecule has 0 saturated heterocycles. The minimum atomic E-state index is -5.05. The van der Waals surface area contributed by atoms with Crippen LogP contribution in [-0.4, -0.2) is 15.9 Å². The number of carbonyl (C=O) groups is 1. The first-order valence-corrected chi connectivity index (χ1v) is 8.43. The third kappa shape index (κ3) is 4.60. The Morgan fingerprint density at radius 3 is 2.32 bits per heavy atom. The molecule has 3 rings (SSSR count). The molecule has 6 nitrogen and oxygen atoms in total. The van der Waals surface area contributed by atoms with Crippen LogP contribution in [0.3, 0.4) is 0 Å². The maximum Gasteiger partial charge on any atom is 0.423 e. The number of nitrogens with zero attached hydrogens (tertiary/aromatic N) is 1. The van der Waals surface area contributed by atoms with Gasteiger partial charge in [-0.25, -0.2) is 8.78 Å². The van der Waals surface area contributed by atoms with E-state index in [0.717, 1.165) is 30.3 Å². The van der Waals surface area contributed by atoms with Crippen LogP contribution in [0.1, 0.15) is 15.9 Å². The van der Waals surface area contributed by atoms with Crippen LogP contribution in [0, 0.1) is 21.7 Å². The zero-order chi connectivity index (χ0) is 22.9. The van der Waals surface area contributed by atoms with Crippen LogP contribution in [0.15, 0.2) is 54.6 Å². The lowest BCUT2D eigenvalue weighted by Crippen LogP contribution is -2.14. The number of nitro groups is 1. The fourth-order valence-electron chi connectivity index (χ4n) is 2.81. The van der Waals surface area contributed by atoms with Crippen molar-refractivity contribution in [1.82, 2.24) is 0 Å². The zero-order valence-electron chi connectivity index (χ0n) is 15.2. The molecule has 0 fully saturated rings. The van der Waals surface area contributed by atoms with Gasteiger partial charge in [-0.1, -0.05) is 6.07 Å². The number of anilines is 1. The number of carbonyl (C=O) groups excluding carboxylic acids is 1. The Labute approximate surface area is 170 Å².